The van der Waals surface area contributed by atoms with Gasteiger partial charge in [0.05, 0.1) is 6.61 Å². The van der Waals surface area contributed by atoms with Gasteiger partial charge in [0.1, 0.15) is 11.1 Å². The van der Waals surface area contributed by atoms with Crippen LogP contribution in [-0.2, 0) is 0 Å². The molecule has 3 rings (SSSR count). The zero-order valence-electron chi connectivity index (χ0n) is 9.69. The SMILES string of the molecule is Nc1noc2cccc(OCC3CCCC3)c12. The largest absolute Gasteiger partial charge is 0.492 e. The number of nitrogen functional groups attached to an aromatic ring is 1. The lowest BCUT2D eigenvalue weighted by atomic mass is 10.1. The van der Waals surface area contributed by atoms with Gasteiger partial charge < -0.3 is 15.0 Å². The van der Waals surface area contributed by atoms with Crippen molar-refractivity contribution in [2.45, 2.75) is 25.7 Å². The van der Waals surface area contributed by atoms with E-state index in [1.165, 1.54) is 25.7 Å². The fourth-order valence-corrected chi connectivity index (χ4v) is 2.49. The molecule has 4 heteroatoms. The number of rotatable bonds is 3. The first-order valence-corrected chi connectivity index (χ1v) is 6.11. The Labute approximate surface area is 99.7 Å². The zero-order valence-corrected chi connectivity index (χ0v) is 9.69. The summed E-state index contributed by atoms with van der Waals surface area (Å²) in [6.07, 6.45) is 5.20. The molecular weight excluding hydrogens is 216 g/mol. The topological polar surface area (TPSA) is 61.3 Å². The summed E-state index contributed by atoms with van der Waals surface area (Å²) in [7, 11) is 0. The number of hydrogen-bond donors (Lipinski definition) is 1. The van der Waals surface area contributed by atoms with Crippen LogP contribution in [0.2, 0.25) is 0 Å². The molecule has 0 radical (unpaired) electrons. The first-order valence-electron chi connectivity index (χ1n) is 6.11. The van der Waals surface area contributed by atoms with Gasteiger partial charge in [-0.3, -0.25) is 0 Å². The minimum atomic E-state index is 0.405. The Kier molecular flexibility index (Phi) is 2.63. The molecule has 0 atom stereocenters. The van der Waals surface area contributed by atoms with Crippen LogP contribution in [0.5, 0.6) is 5.75 Å². The van der Waals surface area contributed by atoms with E-state index in [9.17, 15) is 0 Å². The quantitative estimate of drug-likeness (QED) is 0.883. The van der Waals surface area contributed by atoms with Crippen LogP contribution in [-0.4, -0.2) is 11.8 Å². The Morgan fingerprint density at radius 1 is 1.35 bits per heavy atom. The summed E-state index contributed by atoms with van der Waals surface area (Å²) in [6.45, 7) is 0.768. The first-order chi connectivity index (χ1) is 8.34. The number of ether oxygens (including phenoxy) is 1. The Morgan fingerprint density at radius 2 is 2.18 bits per heavy atom. The number of fused-ring (bicyclic) bond motifs is 1. The smallest absolute Gasteiger partial charge is 0.178 e. The number of nitrogens with zero attached hydrogens (tertiary/aromatic N) is 1. The summed E-state index contributed by atoms with van der Waals surface area (Å²) in [4.78, 5) is 0. The molecule has 0 bridgehead atoms. The molecule has 1 saturated carbocycles. The molecule has 4 nitrogen and oxygen atoms in total. The van der Waals surface area contributed by atoms with Crippen molar-refractivity contribution in [3.05, 3.63) is 18.2 Å². The lowest BCUT2D eigenvalue weighted by molar-refractivity contribution is 0.255. The maximum absolute atomic E-state index is 5.86. The van der Waals surface area contributed by atoms with Crippen molar-refractivity contribution in [2.24, 2.45) is 5.92 Å². The van der Waals surface area contributed by atoms with E-state index in [1.807, 2.05) is 18.2 Å². The Hall–Kier alpha value is -1.71. The Balaban J connectivity index is 1.81. The molecule has 0 unspecified atom stereocenters. The molecule has 0 amide bonds. The van der Waals surface area contributed by atoms with Crippen molar-refractivity contribution in [2.75, 3.05) is 12.3 Å². The summed E-state index contributed by atoms with van der Waals surface area (Å²) in [5.74, 6) is 1.88. The molecule has 1 aliphatic carbocycles. The van der Waals surface area contributed by atoms with E-state index in [0.29, 0.717) is 17.3 Å². The van der Waals surface area contributed by atoms with Crippen molar-refractivity contribution in [1.29, 1.82) is 0 Å². The van der Waals surface area contributed by atoms with Crippen molar-refractivity contribution >= 4 is 16.8 Å². The van der Waals surface area contributed by atoms with E-state index in [0.717, 1.165) is 17.7 Å². The van der Waals surface area contributed by atoms with Crippen molar-refractivity contribution in [3.8, 4) is 5.75 Å². The van der Waals surface area contributed by atoms with Crippen LogP contribution in [0.4, 0.5) is 5.82 Å². The van der Waals surface area contributed by atoms with E-state index < -0.39 is 0 Å². The highest BCUT2D eigenvalue weighted by atomic mass is 16.5. The van der Waals surface area contributed by atoms with Crippen LogP contribution >= 0.6 is 0 Å². The molecule has 1 aliphatic rings. The number of hydrogen-bond acceptors (Lipinski definition) is 4. The fourth-order valence-electron chi connectivity index (χ4n) is 2.49. The molecule has 1 heterocycles. The minimum absolute atomic E-state index is 0.405. The summed E-state index contributed by atoms with van der Waals surface area (Å²) in [6, 6.07) is 5.67. The van der Waals surface area contributed by atoms with Gasteiger partial charge in [0, 0.05) is 0 Å². The third-order valence-corrected chi connectivity index (χ3v) is 3.44. The lowest BCUT2D eigenvalue weighted by Gasteiger charge is -2.11. The Bertz CT molecular complexity index is 515. The zero-order chi connectivity index (χ0) is 11.7. The van der Waals surface area contributed by atoms with E-state index in [2.05, 4.69) is 5.16 Å². The molecular formula is C13H16N2O2. The summed E-state index contributed by atoms with van der Waals surface area (Å²) < 4.78 is 11.0. The highest BCUT2D eigenvalue weighted by molar-refractivity contribution is 5.92. The maximum Gasteiger partial charge on any atom is 0.178 e. The van der Waals surface area contributed by atoms with Crippen LogP contribution in [0.15, 0.2) is 22.7 Å². The van der Waals surface area contributed by atoms with Gasteiger partial charge >= 0.3 is 0 Å². The van der Waals surface area contributed by atoms with Gasteiger partial charge in [-0.05, 0) is 30.9 Å². The predicted molar refractivity (Wildman–Crippen MR) is 65.9 cm³/mol. The fraction of sp³-hybridized carbons (Fsp3) is 0.462. The monoisotopic (exact) mass is 232 g/mol. The van der Waals surface area contributed by atoms with Crippen molar-refractivity contribution in [3.63, 3.8) is 0 Å². The number of nitrogens with two attached hydrogens (primary N) is 1. The standard InChI is InChI=1S/C13H16N2O2/c14-13-12-10(6-3-7-11(12)17-15-13)16-8-9-4-1-2-5-9/h3,6-7,9H,1-2,4-5,8H2,(H2,14,15). The highest BCUT2D eigenvalue weighted by Crippen LogP contribution is 2.32. The van der Waals surface area contributed by atoms with Gasteiger partial charge in [-0.25, -0.2) is 0 Å². The van der Waals surface area contributed by atoms with Crippen LogP contribution < -0.4 is 10.5 Å². The molecule has 90 valence electrons. The molecule has 0 aliphatic heterocycles. The third-order valence-electron chi connectivity index (χ3n) is 3.44. The molecule has 2 aromatic rings. The number of benzene rings is 1. The van der Waals surface area contributed by atoms with Crippen molar-refractivity contribution < 1.29 is 9.26 Å². The first kappa shape index (κ1) is 10.4. The van der Waals surface area contributed by atoms with E-state index in [-0.39, 0.29) is 0 Å². The second-order valence-electron chi connectivity index (χ2n) is 4.66. The average Bonchev–Trinajstić information content (AvgIpc) is 2.97. The normalized spacial score (nSPS) is 16.7. The van der Waals surface area contributed by atoms with Gasteiger partial charge in [0.25, 0.3) is 0 Å². The van der Waals surface area contributed by atoms with Crippen LogP contribution in [0.3, 0.4) is 0 Å². The lowest BCUT2D eigenvalue weighted by Crippen LogP contribution is -2.08. The third kappa shape index (κ3) is 1.95. The van der Waals surface area contributed by atoms with Crippen LogP contribution in [0.1, 0.15) is 25.7 Å². The molecule has 1 fully saturated rings. The van der Waals surface area contributed by atoms with Crippen LogP contribution in [0.25, 0.3) is 11.0 Å². The highest BCUT2D eigenvalue weighted by Gasteiger charge is 2.17. The van der Waals surface area contributed by atoms with Gasteiger partial charge in [0.2, 0.25) is 0 Å². The summed E-state index contributed by atoms with van der Waals surface area (Å²) in [5, 5.41) is 4.56. The van der Waals surface area contributed by atoms with Crippen molar-refractivity contribution in [1.82, 2.24) is 5.16 Å². The molecule has 0 spiro atoms. The Morgan fingerprint density at radius 3 is 3.00 bits per heavy atom. The van der Waals surface area contributed by atoms with E-state index in [1.54, 1.807) is 0 Å². The summed E-state index contributed by atoms with van der Waals surface area (Å²) >= 11 is 0. The van der Waals surface area contributed by atoms with E-state index >= 15 is 0 Å². The van der Waals surface area contributed by atoms with Crippen LogP contribution in [0, 0.1) is 5.92 Å². The van der Waals surface area contributed by atoms with E-state index in [4.69, 9.17) is 15.0 Å². The summed E-state index contributed by atoms with van der Waals surface area (Å²) in [5.41, 5.74) is 6.46. The van der Waals surface area contributed by atoms with Gasteiger partial charge in [0.15, 0.2) is 11.4 Å². The van der Waals surface area contributed by atoms with Gasteiger partial charge in [-0.1, -0.05) is 24.1 Å². The predicted octanol–water partition coefficient (Wildman–Crippen LogP) is 2.98. The van der Waals surface area contributed by atoms with Gasteiger partial charge in [-0.15, -0.1) is 0 Å². The molecule has 1 aromatic carbocycles. The maximum atomic E-state index is 5.86. The number of aromatic nitrogens is 1. The average molecular weight is 232 g/mol. The second kappa shape index (κ2) is 4.28. The molecule has 17 heavy (non-hydrogen) atoms. The molecule has 0 saturated heterocycles. The molecule has 1 aromatic heterocycles. The molecule has 2 N–H and O–H groups in total. The minimum Gasteiger partial charge on any atom is -0.492 e. The van der Waals surface area contributed by atoms with Gasteiger partial charge in [-0.2, -0.15) is 0 Å². The number of anilines is 1. The second-order valence-corrected chi connectivity index (χ2v) is 4.66.